The Kier molecular flexibility index (Phi) is 6.32. The number of nitrogens with one attached hydrogen (secondary N) is 3. The van der Waals surface area contributed by atoms with Crippen LogP contribution in [0.15, 0.2) is 59.2 Å². The van der Waals surface area contributed by atoms with Gasteiger partial charge in [-0.25, -0.2) is 4.98 Å². The zero-order valence-corrected chi connectivity index (χ0v) is 16.3. The van der Waals surface area contributed by atoms with E-state index in [1.54, 1.807) is 18.3 Å². The smallest absolute Gasteiger partial charge is 0.251 e. The molecule has 1 amide bonds. The summed E-state index contributed by atoms with van der Waals surface area (Å²) in [7, 11) is 0. The molecule has 0 unspecified atom stereocenters. The van der Waals surface area contributed by atoms with Crippen LogP contribution in [-0.2, 0) is 0 Å². The van der Waals surface area contributed by atoms with Gasteiger partial charge in [-0.1, -0.05) is 22.0 Å². The number of aryl methyl sites for hydroxylation is 1. The highest BCUT2D eigenvalue weighted by molar-refractivity contribution is 9.10. The maximum absolute atomic E-state index is 12.0. The summed E-state index contributed by atoms with van der Waals surface area (Å²) in [5.74, 6) is 1.85. The summed E-state index contributed by atoms with van der Waals surface area (Å²) < 4.78 is 0.940. The quantitative estimate of drug-likeness (QED) is 0.500. The van der Waals surface area contributed by atoms with Crippen molar-refractivity contribution in [2.24, 2.45) is 0 Å². The molecule has 3 aromatic rings. The molecule has 3 rings (SSSR count). The number of anilines is 3. The van der Waals surface area contributed by atoms with Crippen molar-refractivity contribution in [3.8, 4) is 0 Å². The maximum atomic E-state index is 12.0. The lowest BCUT2D eigenvalue weighted by Crippen LogP contribution is -2.28. The Hall–Kier alpha value is -3.00. The lowest BCUT2D eigenvalue weighted by molar-refractivity contribution is 0.0955. The van der Waals surface area contributed by atoms with Crippen LogP contribution in [0, 0.1) is 6.92 Å². The molecule has 0 saturated heterocycles. The van der Waals surface area contributed by atoms with E-state index in [1.807, 2.05) is 43.3 Å². The third kappa shape index (κ3) is 5.75. The molecule has 138 valence electrons. The molecular weight excluding hydrogens is 408 g/mol. The first kappa shape index (κ1) is 18.8. The summed E-state index contributed by atoms with van der Waals surface area (Å²) in [5.41, 5.74) is 1.72. The molecule has 0 atom stereocenters. The van der Waals surface area contributed by atoms with Crippen molar-refractivity contribution in [3.05, 3.63) is 70.3 Å². The molecule has 7 nitrogen and oxygen atoms in total. The van der Waals surface area contributed by atoms with Crippen LogP contribution in [0.4, 0.5) is 17.5 Å². The fourth-order valence-electron chi connectivity index (χ4n) is 2.24. The Balaban J connectivity index is 1.42. The zero-order valence-electron chi connectivity index (χ0n) is 14.7. The highest BCUT2D eigenvalue weighted by Crippen LogP contribution is 2.13. The Morgan fingerprint density at radius 3 is 2.30 bits per heavy atom. The van der Waals surface area contributed by atoms with E-state index >= 15 is 0 Å². The SMILES string of the molecule is Cc1ccc(Nc2ccc(NCCNC(=O)c3ccc(Br)cc3)nn2)nc1. The van der Waals surface area contributed by atoms with E-state index in [4.69, 9.17) is 0 Å². The van der Waals surface area contributed by atoms with Crippen molar-refractivity contribution >= 4 is 39.3 Å². The van der Waals surface area contributed by atoms with E-state index < -0.39 is 0 Å². The topological polar surface area (TPSA) is 91.8 Å². The van der Waals surface area contributed by atoms with Crippen molar-refractivity contribution in [2.45, 2.75) is 6.92 Å². The molecule has 27 heavy (non-hydrogen) atoms. The molecule has 3 N–H and O–H groups in total. The lowest BCUT2D eigenvalue weighted by atomic mass is 10.2. The molecule has 0 spiro atoms. The monoisotopic (exact) mass is 426 g/mol. The molecule has 2 aromatic heterocycles. The van der Waals surface area contributed by atoms with E-state index in [1.165, 1.54) is 0 Å². The van der Waals surface area contributed by atoms with Crippen LogP contribution >= 0.6 is 15.9 Å². The Morgan fingerprint density at radius 1 is 0.926 bits per heavy atom. The fourth-order valence-corrected chi connectivity index (χ4v) is 2.50. The summed E-state index contributed by atoms with van der Waals surface area (Å²) in [4.78, 5) is 16.3. The van der Waals surface area contributed by atoms with E-state index in [0.29, 0.717) is 36.1 Å². The van der Waals surface area contributed by atoms with Crippen molar-refractivity contribution < 1.29 is 4.79 Å². The molecule has 0 aliphatic rings. The average molecular weight is 427 g/mol. The van der Waals surface area contributed by atoms with Gasteiger partial charge in [-0.3, -0.25) is 4.79 Å². The van der Waals surface area contributed by atoms with E-state index in [-0.39, 0.29) is 5.91 Å². The standard InChI is InChI=1S/C19H19BrN6O/c1-13-2-7-16(23-12-13)24-18-9-8-17(25-26-18)21-10-11-22-19(27)14-3-5-15(20)6-4-14/h2-9,12H,10-11H2,1H3,(H,21,25)(H,22,27)(H,23,24,26). The first-order chi connectivity index (χ1) is 13.1. The summed E-state index contributed by atoms with van der Waals surface area (Å²) in [5, 5.41) is 17.3. The van der Waals surface area contributed by atoms with E-state index in [9.17, 15) is 4.79 Å². The van der Waals surface area contributed by atoms with Gasteiger partial charge in [0.2, 0.25) is 0 Å². The van der Waals surface area contributed by atoms with Crippen LogP contribution < -0.4 is 16.0 Å². The third-order valence-corrected chi connectivity index (χ3v) is 4.18. The number of amides is 1. The van der Waals surface area contributed by atoms with Crippen LogP contribution in [0.3, 0.4) is 0 Å². The van der Waals surface area contributed by atoms with Gasteiger partial charge in [-0.2, -0.15) is 0 Å². The fraction of sp³-hybridized carbons (Fsp3) is 0.158. The van der Waals surface area contributed by atoms with Gasteiger partial charge >= 0.3 is 0 Å². The Morgan fingerprint density at radius 2 is 1.63 bits per heavy atom. The second-order valence-corrected chi connectivity index (χ2v) is 6.75. The normalized spacial score (nSPS) is 10.3. The number of hydrogen-bond acceptors (Lipinski definition) is 6. The highest BCUT2D eigenvalue weighted by atomic mass is 79.9. The minimum Gasteiger partial charge on any atom is -0.367 e. The van der Waals surface area contributed by atoms with Crippen LogP contribution in [0.2, 0.25) is 0 Å². The first-order valence-corrected chi connectivity index (χ1v) is 9.20. The molecule has 2 heterocycles. The largest absolute Gasteiger partial charge is 0.367 e. The van der Waals surface area contributed by atoms with Crippen LogP contribution in [0.1, 0.15) is 15.9 Å². The lowest BCUT2D eigenvalue weighted by Gasteiger charge is -2.08. The van der Waals surface area contributed by atoms with Crippen molar-refractivity contribution in [2.75, 3.05) is 23.7 Å². The molecule has 0 aliphatic heterocycles. The minimum atomic E-state index is -0.111. The molecule has 0 bridgehead atoms. The molecule has 0 fully saturated rings. The molecule has 8 heteroatoms. The van der Waals surface area contributed by atoms with Gasteiger partial charge in [0.1, 0.15) is 11.6 Å². The number of rotatable bonds is 7. The summed E-state index contributed by atoms with van der Waals surface area (Å²) >= 11 is 3.35. The molecular formula is C19H19BrN6O. The van der Waals surface area contributed by atoms with Gasteiger partial charge in [-0.15, -0.1) is 10.2 Å². The predicted molar refractivity (Wildman–Crippen MR) is 109 cm³/mol. The van der Waals surface area contributed by atoms with Crippen LogP contribution in [-0.4, -0.2) is 34.2 Å². The molecule has 1 aromatic carbocycles. The van der Waals surface area contributed by atoms with Gasteiger partial charge in [0.05, 0.1) is 0 Å². The van der Waals surface area contributed by atoms with E-state index in [0.717, 1.165) is 10.0 Å². The van der Waals surface area contributed by atoms with Crippen molar-refractivity contribution in [1.29, 1.82) is 0 Å². The number of halogens is 1. The van der Waals surface area contributed by atoms with Gasteiger partial charge in [0, 0.05) is 29.3 Å². The van der Waals surface area contributed by atoms with Crippen molar-refractivity contribution in [3.63, 3.8) is 0 Å². The second-order valence-electron chi connectivity index (χ2n) is 5.84. The van der Waals surface area contributed by atoms with Crippen molar-refractivity contribution in [1.82, 2.24) is 20.5 Å². The number of carbonyl (C=O) groups is 1. The van der Waals surface area contributed by atoms with Crippen LogP contribution in [0.5, 0.6) is 0 Å². The average Bonchev–Trinajstić information content (AvgIpc) is 2.68. The van der Waals surface area contributed by atoms with Gasteiger partial charge < -0.3 is 16.0 Å². The molecule has 0 radical (unpaired) electrons. The minimum absolute atomic E-state index is 0.111. The first-order valence-electron chi connectivity index (χ1n) is 8.41. The van der Waals surface area contributed by atoms with Gasteiger partial charge in [0.15, 0.2) is 5.82 Å². The summed E-state index contributed by atoms with van der Waals surface area (Å²) in [6.45, 7) is 3.01. The van der Waals surface area contributed by atoms with E-state index in [2.05, 4.69) is 47.1 Å². The number of benzene rings is 1. The zero-order chi connectivity index (χ0) is 19.1. The van der Waals surface area contributed by atoms with Gasteiger partial charge in [0.25, 0.3) is 5.91 Å². The number of nitrogens with zero attached hydrogens (tertiary/aromatic N) is 3. The third-order valence-electron chi connectivity index (χ3n) is 3.66. The summed E-state index contributed by atoms with van der Waals surface area (Å²) in [6, 6.07) is 14.7. The predicted octanol–water partition coefficient (Wildman–Crippen LogP) is 3.53. The highest BCUT2D eigenvalue weighted by Gasteiger charge is 2.04. The molecule has 0 saturated carbocycles. The molecule has 0 aliphatic carbocycles. The number of aromatic nitrogens is 3. The number of hydrogen-bond donors (Lipinski definition) is 3. The van der Waals surface area contributed by atoms with Crippen LogP contribution in [0.25, 0.3) is 0 Å². The number of pyridine rings is 1. The van der Waals surface area contributed by atoms with Gasteiger partial charge in [-0.05, 0) is 55.0 Å². The number of carbonyl (C=O) groups excluding carboxylic acids is 1. The maximum Gasteiger partial charge on any atom is 0.251 e. The Bertz CT molecular complexity index is 882. The Labute approximate surface area is 165 Å². The summed E-state index contributed by atoms with van der Waals surface area (Å²) in [6.07, 6.45) is 1.79. The second kappa shape index (κ2) is 9.09.